The Labute approximate surface area is 125 Å². The van der Waals surface area contributed by atoms with Gasteiger partial charge in [0.05, 0.1) is 23.0 Å². The number of carboxylic acids is 1. The molecule has 2 aromatic rings. The molecule has 21 heavy (non-hydrogen) atoms. The van der Waals surface area contributed by atoms with Crippen LogP contribution >= 0.6 is 0 Å². The quantitative estimate of drug-likeness (QED) is 0.819. The molecule has 4 heteroatoms. The summed E-state index contributed by atoms with van der Waals surface area (Å²) in [5.74, 6) is -1.12. The number of carboxylic acid groups (broad SMARTS) is 1. The first-order valence-electron chi connectivity index (χ1n) is 7.48. The largest absolute Gasteiger partial charge is 0.545 e. The smallest absolute Gasteiger partial charge is 0.0752 e. The number of hydrogen-bond acceptors (Lipinski definition) is 3. The second-order valence-corrected chi connectivity index (χ2v) is 5.25. The lowest BCUT2D eigenvalue weighted by atomic mass is 10.1. The summed E-state index contributed by atoms with van der Waals surface area (Å²) in [7, 11) is 0. The van der Waals surface area contributed by atoms with Gasteiger partial charge in [-0.3, -0.25) is 0 Å². The molecule has 0 radical (unpaired) electrons. The summed E-state index contributed by atoms with van der Waals surface area (Å²) in [6.07, 6.45) is 3.05. The van der Waals surface area contributed by atoms with Crippen molar-refractivity contribution < 1.29 is 9.90 Å². The summed E-state index contributed by atoms with van der Waals surface area (Å²) >= 11 is 0. The Kier molecular flexibility index (Phi) is 4.78. The average molecular weight is 285 g/mol. The molecule has 0 spiro atoms. The molecule has 0 aliphatic heterocycles. The lowest BCUT2D eigenvalue weighted by molar-refractivity contribution is -0.255. The van der Waals surface area contributed by atoms with E-state index in [0.717, 1.165) is 29.8 Å². The van der Waals surface area contributed by atoms with Gasteiger partial charge in [0.2, 0.25) is 0 Å². The Morgan fingerprint density at radius 2 is 1.86 bits per heavy atom. The molecule has 0 aliphatic rings. The first-order chi connectivity index (χ1) is 10.1. The van der Waals surface area contributed by atoms with E-state index in [4.69, 9.17) is 0 Å². The van der Waals surface area contributed by atoms with Gasteiger partial charge in [-0.15, -0.1) is 0 Å². The second kappa shape index (κ2) is 6.57. The van der Waals surface area contributed by atoms with Crippen LogP contribution in [-0.2, 0) is 12.8 Å². The molecule has 2 rings (SSSR count). The molecular weight excluding hydrogens is 264 g/mol. The Bertz CT molecular complexity index is 644. The van der Waals surface area contributed by atoms with Crippen LogP contribution in [0.3, 0.4) is 0 Å². The van der Waals surface area contributed by atoms with Crippen LogP contribution in [0.2, 0.25) is 0 Å². The van der Waals surface area contributed by atoms with Gasteiger partial charge in [0.1, 0.15) is 0 Å². The highest BCUT2D eigenvalue weighted by Crippen LogP contribution is 2.23. The number of nitrogens with zero attached hydrogens (tertiary/aromatic N) is 2. The zero-order valence-electron chi connectivity index (χ0n) is 12.8. The predicted molar refractivity (Wildman–Crippen MR) is 80.6 cm³/mol. The van der Waals surface area contributed by atoms with Crippen molar-refractivity contribution in [1.82, 2.24) is 9.78 Å². The van der Waals surface area contributed by atoms with E-state index in [2.05, 4.69) is 5.10 Å². The molecule has 0 aliphatic carbocycles. The maximum absolute atomic E-state index is 11.6. The molecule has 0 unspecified atom stereocenters. The molecule has 1 aromatic carbocycles. The van der Waals surface area contributed by atoms with Crippen LogP contribution in [0.5, 0.6) is 0 Å². The highest BCUT2D eigenvalue weighted by molar-refractivity contribution is 5.89. The topological polar surface area (TPSA) is 58.0 Å². The maximum atomic E-state index is 11.6. The number of carbonyl (C=O) groups excluding carboxylic acids is 1. The van der Waals surface area contributed by atoms with Gasteiger partial charge in [-0.2, -0.15) is 5.10 Å². The van der Waals surface area contributed by atoms with E-state index in [1.807, 2.05) is 45.0 Å². The van der Waals surface area contributed by atoms with Crippen LogP contribution in [0.4, 0.5) is 0 Å². The first-order valence-corrected chi connectivity index (χ1v) is 7.48. The summed E-state index contributed by atoms with van der Waals surface area (Å²) in [5, 5.41) is 16.1. The van der Waals surface area contributed by atoms with Crippen molar-refractivity contribution in [2.24, 2.45) is 0 Å². The molecule has 4 nitrogen and oxygen atoms in total. The first kappa shape index (κ1) is 15.3. The van der Waals surface area contributed by atoms with Gasteiger partial charge >= 0.3 is 0 Å². The zero-order valence-corrected chi connectivity index (χ0v) is 12.8. The summed E-state index contributed by atoms with van der Waals surface area (Å²) in [4.78, 5) is 11.6. The number of para-hydroxylation sites is 1. The summed E-state index contributed by atoms with van der Waals surface area (Å²) in [5.41, 5.74) is 3.66. The normalized spacial score (nSPS) is 10.8. The minimum atomic E-state index is -1.12. The van der Waals surface area contributed by atoms with Crippen molar-refractivity contribution in [3.8, 4) is 5.69 Å². The molecule has 0 N–H and O–H groups in total. The molecule has 1 aromatic heterocycles. The van der Waals surface area contributed by atoms with E-state index in [0.29, 0.717) is 18.5 Å². The van der Waals surface area contributed by atoms with Crippen LogP contribution in [0.25, 0.3) is 5.69 Å². The van der Waals surface area contributed by atoms with E-state index in [-0.39, 0.29) is 5.56 Å². The minimum Gasteiger partial charge on any atom is -0.545 e. The van der Waals surface area contributed by atoms with Crippen molar-refractivity contribution in [2.45, 2.75) is 46.5 Å². The molecule has 0 atom stereocenters. The third-order valence-electron chi connectivity index (χ3n) is 3.57. The van der Waals surface area contributed by atoms with Gasteiger partial charge in [-0.25, -0.2) is 4.68 Å². The summed E-state index contributed by atoms with van der Waals surface area (Å²) in [6, 6.07) is 7.88. The summed E-state index contributed by atoms with van der Waals surface area (Å²) in [6.45, 7) is 6.06. The van der Waals surface area contributed by atoms with E-state index in [9.17, 15) is 9.90 Å². The predicted octanol–water partition coefficient (Wildman–Crippen LogP) is 2.45. The van der Waals surface area contributed by atoms with E-state index >= 15 is 0 Å². The van der Waals surface area contributed by atoms with Gasteiger partial charge in [-0.1, -0.05) is 44.9 Å². The van der Waals surface area contributed by atoms with Crippen molar-refractivity contribution in [3.05, 3.63) is 46.8 Å². The fourth-order valence-corrected chi connectivity index (χ4v) is 2.62. The lowest BCUT2D eigenvalue weighted by Gasteiger charge is -2.11. The van der Waals surface area contributed by atoms with Crippen LogP contribution in [0, 0.1) is 6.92 Å². The van der Waals surface area contributed by atoms with Gasteiger partial charge in [-0.05, 0) is 31.4 Å². The number of aryl methyl sites for hydroxylation is 2. The van der Waals surface area contributed by atoms with Crippen molar-refractivity contribution in [3.63, 3.8) is 0 Å². The highest BCUT2D eigenvalue weighted by Gasteiger charge is 2.19. The molecule has 0 bridgehead atoms. The number of carbonyl (C=O) groups is 1. The van der Waals surface area contributed by atoms with Crippen LogP contribution in [0.1, 0.15) is 54.0 Å². The number of benzene rings is 1. The lowest BCUT2D eigenvalue weighted by Crippen LogP contribution is -2.25. The third kappa shape index (κ3) is 2.99. The van der Waals surface area contributed by atoms with Crippen molar-refractivity contribution >= 4 is 5.97 Å². The van der Waals surface area contributed by atoms with Crippen molar-refractivity contribution in [2.75, 3.05) is 0 Å². The fourth-order valence-electron chi connectivity index (χ4n) is 2.62. The number of aromatic carboxylic acids is 1. The van der Waals surface area contributed by atoms with Crippen LogP contribution in [0.15, 0.2) is 24.3 Å². The van der Waals surface area contributed by atoms with Crippen molar-refractivity contribution in [1.29, 1.82) is 0 Å². The molecule has 0 amide bonds. The monoisotopic (exact) mass is 285 g/mol. The van der Waals surface area contributed by atoms with Gasteiger partial charge in [0.15, 0.2) is 0 Å². The Balaban J connectivity index is 2.67. The van der Waals surface area contributed by atoms with E-state index < -0.39 is 5.97 Å². The Hall–Kier alpha value is -2.10. The van der Waals surface area contributed by atoms with Crippen LogP contribution in [-0.4, -0.2) is 15.7 Å². The second-order valence-electron chi connectivity index (χ2n) is 5.25. The maximum Gasteiger partial charge on any atom is 0.0752 e. The van der Waals surface area contributed by atoms with Gasteiger partial charge < -0.3 is 9.90 Å². The third-order valence-corrected chi connectivity index (χ3v) is 3.57. The molecule has 0 saturated heterocycles. The zero-order chi connectivity index (χ0) is 15.4. The average Bonchev–Trinajstić information content (AvgIpc) is 2.79. The van der Waals surface area contributed by atoms with E-state index in [1.54, 1.807) is 4.68 Å². The number of rotatable bonds is 6. The fraction of sp³-hybridized carbons (Fsp3) is 0.412. The SMILES string of the molecule is CCCc1nn(-c2ccccc2C)c(CCC)c1C(=O)[O-]. The molecule has 1 heterocycles. The number of hydrogen-bond donors (Lipinski definition) is 0. The number of aromatic nitrogens is 2. The minimum absolute atomic E-state index is 0.280. The standard InChI is InChI=1S/C17H22N2O2/c1-4-8-13-16(17(20)21)15(9-5-2)19(18-13)14-11-7-6-10-12(14)3/h6-7,10-11H,4-5,8-9H2,1-3H3,(H,20,21)/p-1. The Morgan fingerprint density at radius 3 is 2.43 bits per heavy atom. The highest BCUT2D eigenvalue weighted by atomic mass is 16.4. The Morgan fingerprint density at radius 1 is 1.19 bits per heavy atom. The summed E-state index contributed by atoms with van der Waals surface area (Å²) < 4.78 is 1.79. The van der Waals surface area contributed by atoms with Gasteiger partial charge in [0.25, 0.3) is 0 Å². The molecule has 0 saturated carbocycles. The van der Waals surface area contributed by atoms with Gasteiger partial charge in [0, 0.05) is 5.56 Å². The van der Waals surface area contributed by atoms with E-state index in [1.165, 1.54) is 0 Å². The van der Waals surface area contributed by atoms with Crippen LogP contribution < -0.4 is 5.11 Å². The molecule has 0 fully saturated rings. The molecule has 112 valence electrons. The molecular formula is C17H21N2O2-.